The van der Waals surface area contributed by atoms with Crippen molar-refractivity contribution in [1.82, 2.24) is 9.88 Å². The number of ether oxygens (including phenoxy) is 2. The molecule has 4 aromatic rings. The summed E-state index contributed by atoms with van der Waals surface area (Å²) in [7, 11) is 3.25. The maximum absolute atomic E-state index is 12.4. The van der Waals surface area contributed by atoms with E-state index >= 15 is 0 Å². The third-order valence-corrected chi connectivity index (χ3v) is 5.55. The van der Waals surface area contributed by atoms with Gasteiger partial charge in [-0.15, -0.1) is 0 Å². The lowest BCUT2D eigenvalue weighted by Crippen LogP contribution is -2.17. The second kappa shape index (κ2) is 9.58. The fraction of sp³-hybridized carbons (Fsp3) is 0.192. The number of aromatic nitrogens is 1. The van der Waals surface area contributed by atoms with Gasteiger partial charge in [-0.25, -0.2) is 4.79 Å². The van der Waals surface area contributed by atoms with E-state index in [0.717, 1.165) is 33.3 Å². The molecule has 0 fully saturated rings. The second-order valence-electron chi connectivity index (χ2n) is 7.54. The molecule has 0 aliphatic carbocycles. The van der Waals surface area contributed by atoms with Crippen LogP contribution in [-0.2, 0) is 19.6 Å². The summed E-state index contributed by atoms with van der Waals surface area (Å²) in [5, 5.41) is 14.4. The Bertz CT molecular complexity index is 1210. The molecule has 0 unspecified atom stereocenters. The number of carboxylic acid groups (broad SMARTS) is 1. The predicted molar refractivity (Wildman–Crippen MR) is 125 cm³/mol. The third-order valence-electron chi connectivity index (χ3n) is 5.55. The summed E-state index contributed by atoms with van der Waals surface area (Å²) >= 11 is 0. The highest BCUT2D eigenvalue weighted by atomic mass is 16.5. The molecular formula is C26H26N2O4. The number of carbonyl (C=O) groups is 1. The lowest BCUT2D eigenvalue weighted by atomic mass is 10.1. The molecule has 6 nitrogen and oxygen atoms in total. The van der Waals surface area contributed by atoms with E-state index in [1.54, 1.807) is 14.2 Å². The predicted octanol–water partition coefficient (Wildman–Crippen LogP) is 4.69. The van der Waals surface area contributed by atoms with Gasteiger partial charge >= 0.3 is 5.97 Å². The summed E-state index contributed by atoms with van der Waals surface area (Å²) in [6.07, 6.45) is 0. The summed E-state index contributed by atoms with van der Waals surface area (Å²) in [6, 6.07) is 23.4. The van der Waals surface area contributed by atoms with Crippen molar-refractivity contribution in [2.24, 2.45) is 0 Å². The SMILES string of the molecule is COc1ccc(CNCc2c(C(=O)O)n(Cc3ccccc3)c3cc(OC)ccc23)cc1. The smallest absolute Gasteiger partial charge is 0.352 e. The first-order valence-corrected chi connectivity index (χ1v) is 10.4. The molecule has 0 spiro atoms. The highest BCUT2D eigenvalue weighted by Gasteiger charge is 2.22. The van der Waals surface area contributed by atoms with Crippen molar-refractivity contribution < 1.29 is 19.4 Å². The molecule has 32 heavy (non-hydrogen) atoms. The molecule has 0 bridgehead atoms. The average molecular weight is 431 g/mol. The van der Waals surface area contributed by atoms with Gasteiger partial charge in [-0.1, -0.05) is 42.5 Å². The van der Waals surface area contributed by atoms with Crippen LogP contribution in [0.2, 0.25) is 0 Å². The van der Waals surface area contributed by atoms with Crippen LogP contribution < -0.4 is 14.8 Å². The van der Waals surface area contributed by atoms with Gasteiger partial charge in [0, 0.05) is 36.7 Å². The Labute approximate surface area is 187 Å². The van der Waals surface area contributed by atoms with Gasteiger partial charge in [0.2, 0.25) is 0 Å². The molecule has 1 aromatic heterocycles. The number of fused-ring (bicyclic) bond motifs is 1. The molecule has 4 rings (SSSR count). The monoisotopic (exact) mass is 430 g/mol. The largest absolute Gasteiger partial charge is 0.497 e. The number of hydrogen-bond donors (Lipinski definition) is 2. The van der Waals surface area contributed by atoms with E-state index < -0.39 is 5.97 Å². The van der Waals surface area contributed by atoms with E-state index in [1.165, 1.54) is 0 Å². The highest BCUT2D eigenvalue weighted by molar-refractivity contribution is 5.98. The van der Waals surface area contributed by atoms with Crippen LogP contribution in [0.3, 0.4) is 0 Å². The molecule has 0 aliphatic heterocycles. The summed E-state index contributed by atoms with van der Waals surface area (Å²) in [5.41, 5.74) is 4.02. The Balaban J connectivity index is 1.70. The molecule has 0 atom stereocenters. The molecule has 0 amide bonds. The van der Waals surface area contributed by atoms with Crippen LogP contribution in [0.15, 0.2) is 72.8 Å². The fourth-order valence-corrected chi connectivity index (χ4v) is 3.96. The Kier molecular flexibility index (Phi) is 6.42. The Morgan fingerprint density at radius 3 is 2.22 bits per heavy atom. The van der Waals surface area contributed by atoms with Crippen molar-refractivity contribution in [3.63, 3.8) is 0 Å². The van der Waals surface area contributed by atoms with Crippen molar-refractivity contribution in [1.29, 1.82) is 0 Å². The lowest BCUT2D eigenvalue weighted by Gasteiger charge is -2.10. The summed E-state index contributed by atoms with van der Waals surface area (Å²) in [6.45, 7) is 1.51. The fourth-order valence-electron chi connectivity index (χ4n) is 3.96. The van der Waals surface area contributed by atoms with E-state index in [0.29, 0.717) is 31.1 Å². The number of carboxylic acids is 1. The Morgan fingerprint density at radius 2 is 1.56 bits per heavy atom. The highest BCUT2D eigenvalue weighted by Crippen LogP contribution is 2.31. The number of nitrogens with one attached hydrogen (secondary N) is 1. The van der Waals surface area contributed by atoms with Crippen molar-refractivity contribution in [3.05, 3.63) is 95.2 Å². The molecule has 0 saturated heterocycles. The summed E-state index contributed by atoms with van der Waals surface area (Å²) < 4.78 is 12.5. The molecular weight excluding hydrogens is 404 g/mol. The molecule has 0 aliphatic rings. The zero-order valence-corrected chi connectivity index (χ0v) is 18.2. The molecule has 0 radical (unpaired) electrons. The molecule has 6 heteroatoms. The maximum Gasteiger partial charge on any atom is 0.352 e. The van der Waals surface area contributed by atoms with Crippen LogP contribution in [-0.4, -0.2) is 29.9 Å². The Hall–Kier alpha value is -3.77. The van der Waals surface area contributed by atoms with Gasteiger partial charge in [0.15, 0.2) is 0 Å². The average Bonchev–Trinajstić information content (AvgIpc) is 3.12. The van der Waals surface area contributed by atoms with Crippen LogP contribution in [0.4, 0.5) is 0 Å². The van der Waals surface area contributed by atoms with Crippen LogP contribution in [0.1, 0.15) is 27.2 Å². The first kappa shape index (κ1) is 21.5. The minimum atomic E-state index is -0.947. The number of methoxy groups -OCH3 is 2. The quantitative estimate of drug-likeness (QED) is 0.403. The zero-order chi connectivity index (χ0) is 22.5. The van der Waals surface area contributed by atoms with Crippen molar-refractivity contribution >= 4 is 16.9 Å². The van der Waals surface area contributed by atoms with Gasteiger partial charge in [-0.3, -0.25) is 0 Å². The van der Waals surface area contributed by atoms with Gasteiger partial charge in [0.05, 0.1) is 19.7 Å². The first-order valence-electron chi connectivity index (χ1n) is 10.4. The molecule has 0 saturated carbocycles. The van der Waals surface area contributed by atoms with Gasteiger partial charge < -0.3 is 24.5 Å². The Morgan fingerprint density at radius 1 is 0.875 bits per heavy atom. The van der Waals surface area contributed by atoms with Crippen LogP contribution in [0.5, 0.6) is 11.5 Å². The minimum absolute atomic E-state index is 0.291. The van der Waals surface area contributed by atoms with E-state index in [1.807, 2.05) is 77.4 Å². The summed E-state index contributed by atoms with van der Waals surface area (Å²) in [4.78, 5) is 12.4. The van der Waals surface area contributed by atoms with Crippen molar-refractivity contribution in [2.45, 2.75) is 19.6 Å². The topological polar surface area (TPSA) is 72.7 Å². The normalized spacial score (nSPS) is 10.9. The van der Waals surface area contributed by atoms with Gasteiger partial charge in [0.1, 0.15) is 17.2 Å². The molecule has 2 N–H and O–H groups in total. The van der Waals surface area contributed by atoms with E-state index in [-0.39, 0.29) is 0 Å². The molecule has 1 heterocycles. The number of hydrogen-bond acceptors (Lipinski definition) is 4. The lowest BCUT2D eigenvalue weighted by molar-refractivity contribution is 0.0684. The van der Waals surface area contributed by atoms with Crippen molar-refractivity contribution in [2.75, 3.05) is 14.2 Å². The third kappa shape index (κ3) is 4.45. The van der Waals surface area contributed by atoms with E-state index in [9.17, 15) is 9.90 Å². The maximum atomic E-state index is 12.4. The van der Waals surface area contributed by atoms with Crippen LogP contribution >= 0.6 is 0 Å². The van der Waals surface area contributed by atoms with E-state index in [2.05, 4.69) is 5.32 Å². The van der Waals surface area contributed by atoms with Gasteiger partial charge in [0.25, 0.3) is 0 Å². The second-order valence-corrected chi connectivity index (χ2v) is 7.54. The number of benzene rings is 3. The van der Waals surface area contributed by atoms with E-state index in [4.69, 9.17) is 9.47 Å². The van der Waals surface area contributed by atoms with Crippen molar-refractivity contribution in [3.8, 4) is 11.5 Å². The van der Waals surface area contributed by atoms with Gasteiger partial charge in [-0.05, 0) is 35.4 Å². The number of aromatic carboxylic acids is 1. The molecule has 164 valence electrons. The standard InChI is InChI=1S/C26H26N2O4/c1-31-20-10-8-18(9-11-20)15-27-16-23-22-13-12-21(32-2)14-24(22)28(25(23)26(29)30)17-19-6-4-3-5-7-19/h3-14,27H,15-17H2,1-2H3,(H,29,30). The number of rotatable bonds is 9. The van der Waals surface area contributed by atoms with Crippen LogP contribution in [0.25, 0.3) is 10.9 Å². The van der Waals surface area contributed by atoms with Gasteiger partial charge in [-0.2, -0.15) is 0 Å². The minimum Gasteiger partial charge on any atom is -0.497 e. The van der Waals surface area contributed by atoms with Crippen LogP contribution in [0, 0.1) is 0 Å². The summed E-state index contributed by atoms with van der Waals surface area (Å²) in [5.74, 6) is 0.552. The first-order chi connectivity index (χ1) is 15.6. The number of nitrogens with zero attached hydrogens (tertiary/aromatic N) is 1. The molecule has 3 aromatic carbocycles. The zero-order valence-electron chi connectivity index (χ0n) is 18.2.